The summed E-state index contributed by atoms with van der Waals surface area (Å²) in [6, 6.07) is 3.84. The number of hydrogen-bond acceptors (Lipinski definition) is 4. The highest BCUT2D eigenvalue weighted by Gasteiger charge is 2.20. The maximum Gasteiger partial charge on any atom is 0.323 e. The lowest BCUT2D eigenvalue weighted by Gasteiger charge is -2.21. The number of Topliss-reactive ketones (excluding diaryl/α,β-unsaturated/α-hetero) is 1. The molecular weight excluding hydrogens is 238 g/mol. The molecule has 0 saturated heterocycles. The molecule has 1 aromatic rings. The maximum absolute atomic E-state index is 11.4. The van der Waals surface area contributed by atoms with Crippen LogP contribution >= 0.6 is 0 Å². The Bertz CT molecular complexity index is 509. The van der Waals surface area contributed by atoms with Gasteiger partial charge in [0.2, 0.25) is 5.91 Å². The lowest BCUT2D eigenvalue weighted by Crippen LogP contribution is -2.34. The molecule has 0 aliphatic heterocycles. The first kappa shape index (κ1) is 13.7. The smallest absolute Gasteiger partial charge is 0.323 e. The van der Waals surface area contributed by atoms with Crippen molar-refractivity contribution in [3.05, 3.63) is 23.8 Å². The molecule has 1 aromatic carbocycles. The van der Waals surface area contributed by atoms with Crippen LogP contribution in [0.3, 0.4) is 0 Å². The molecule has 0 aromatic heterocycles. The largest absolute Gasteiger partial charge is 0.508 e. The Balaban J connectivity index is 3.31. The number of rotatable bonds is 4. The van der Waals surface area contributed by atoms with Crippen molar-refractivity contribution in [3.8, 4) is 5.75 Å². The Labute approximate surface area is 103 Å². The number of ketones is 1. The van der Waals surface area contributed by atoms with E-state index >= 15 is 0 Å². The number of carbonyl (C=O) groups excluding carboxylic acids is 2. The Morgan fingerprint density at radius 1 is 1.22 bits per heavy atom. The number of amides is 1. The summed E-state index contributed by atoms with van der Waals surface area (Å²) in [5.41, 5.74) is 0.279. The highest BCUT2D eigenvalue weighted by molar-refractivity contribution is 6.06. The highest BCUT2D eigenvalue weighted by Crippen LogP contribution is 2.25. The molecule has 0 saturated carbocycles. The molecule has 0 unspecified atom stereocenters. The van der Waals surface area contributed by atoms with Crippen LogP contribution in [0.1, 0.15) is 24.2 Å². The number of hydrogen-bond donors (Lipinski definition) is 2. The van der Waals surface area contributed by atoms with E-state index in [2.05, 4.69) is 0 Å². The predicted octanol–water partition coefficient (Wildman–Crippen LogP) is 1.03. The van der Waals surface area contributed by atoms with E-state index in [1.165, 1.54) is 32.0 Å². The summed E-state index contributed by atoms with van der Waals surface area (Å²) in [5, 5.41) is 18.1. The van der Waals surface area contributed by atoms with Gasteiger partial charge in [-0.15, -0.1) is 0 Å². The summed E-state index contributed by atoms with van der Waals surface area (Å²) in [4.78, 5) is 34.5. The highest BCUT2D eigenvalue weighted by atomic mass is 16.4. The van der Waals surface area contributed by atoms with Gasteiger partial charge in [0, 0.05) is 12.5 Å². The Morgan fingerprint density at radius 2 is 1.83 bits per heavy atom. The van der Waals surface area contributed by atoms with Crippen LogP contribution in [-0.2, 0) is 9.59 Å². The second kappa shape index (κ2) is 5.31. The number of carbonyl (C=O) groups is 3. The number of aromatic hydroxyl groups is 1. The van der Waals surface area contributed by atoms with E-state index in [1.807, 2.05) is 0 Å². The molecule has 0 spiro atoms. The van der Waals surface area contributed by atoms with Gasteiger partial charge in [-0.2, -0.15) is 0 Å². The molecule has 2 N–H and O–H groups in total. The van der Waals surface area contributed by atoms with Gasteiger partial charge in [-0.3, -0.25) is 14.4 Å². The summed E-state index contributed by atoms with van der Waals surface area (Å²) in [6.07, 6.45) is 0. The number of carboxylic acids is 1. The summed E-state index contributed by atoms with van der Waals surface area (Å²) in [6.45, 7) is 1.94. The monoisotopic (exact) mass is 251 g/mol. The van der Waals surface area contributed by atoms with Gasteiger partial charge < -0.3 is 15.1 Å². The van der Waals surface area contributed by atoms with Crippen LogP contribution in [0.4, 0.5) is 5.69 Å². The summed E-state index contributed by atoms with van der Waals surface area (Å²) in [5.74, 6) is -2.17. The molecule has 0 atom stereocenters. The topological polar surface area (TPSA) is 94.9 Å². The zero-order chi connectivity index (χ0) is 13.9. The maximum atomic E-state index is 11.4. The molecule has 0 aliphatic rings. The van der Waals surface area contributed by atoms with Crippen LogP contribution in [-0.4, -0.2) is 34.4 Å². The summed E-state index contributed by atoms with van der Waals surface area (Å²) >= 11 is 0. The molecule has 96 valence electrons. The predicted molar refractivity (Wildman–Crippen MR) is 63.8 cm³/mol. The summed E-state index contributed by atoms with van der Waals surface area (Å²) in [7, 11) is 0. The van der Waals surface area contributed by atoms with Gasteiger partial charge >= 0.3 is 5.97 Å². The first-order valence-electron chi connectivity index (χ1n) is 5.16. The molecule has 0 aliphatic carbocycles. The van der Waals surface area contributed by atoms with Gasteiger partial charge in [0.1, 0.15) is 12.3 Å². The van der Waals surface area contributed by atoms with Crippen LogP contribution in [0.2, 0.25) is 0 Å². The van der Waals surface area contributed by atoms with Crippen LogP contribution in [0.5, 0.6) is 5.75 Å². The fraction of sp³-hybridized carbons (Fsp3) is 0.250. The number of nitrogens with zero attached hydrogens (tertiary/aromatic N) is 1. The second-order valence-electron chi connectivity index (χ2n) is 3.76. The number of phenolic OH excluding ortho intramolecular Hbond substituents is 1. The van der Waals surface area contributed by atoms with Crippen molar-refractivity contribution in [2.45, 2.75) is 13.8 Å². The second-order valence-corrected chi connectivity index (χ2v) is 3.76. The third-order valence-corrected chi connectivity index (χ3v) is 2.32. The van der Waals surface area contributed by atoms with E-state index in [9.17, 15) is 19.5 Å². The number of carboxylic acid groups (broad SMARTS) is 1. The quantitative estimate of drug-likeness (QED) is 0.779. The number of phenols is 1. The van der Waals surface area contributed by atoms with E-state index in [1.54, 1.807) is 0 Å². The van der Waals surface area contributed by atoms with Gasteiger partial charge in [0.25, 0.3) is 0 Å². The lowest BCUT2D eigenvalue weighted by molar-refractivity contribution is -0.136. The first-order chi connectivity index (χ1) is 8.32. The zero-order valence-electron chi connectivity index (χ0n) is 10.0. The molecule has 0 heterocycles. The minimum Gasteiger partial charge on any atom is -0.508 e. The average molecular weight is 251 g/mol. The molecule has 6 nitrogen and oxygen atoms in total. The van der Waals surface area contributed by atoms with Crippen molar-refractivity contribution in [2.24, 2.45) is 0 Å². The Kier molecular flexibility index (Phi) is 4.04. The van der Waals surface area contributed by atoms with Crippen molar-refractivity contribution in [1.82, 2.24) is 0 Å². The number of aliphatic carboxylic acids is 1. The summed E-state index contributed by atoms with van der Waals surface area (Å²) < 4.78 is 0. The fourth-order valence-electron chi connectivity index (χ4n) is 1.54. The van der Waals surface area contributed by atoms with Crippen molar-refractivity contribution >= 4 is 23.3 Å². The third kappa shape index (κ3) is 3.07. The van der Waals surface area contributed by atoms with E-state index in [-0.39, 0.29) is 22.8 Å². The van der Waals surface area contributed by atoms with Crippen LogP contribution in [0, 0.1) is 0 Å². The minimum absolute atomic E-state index is 0.103. The molecular formula is C12H13NO5. The molecule has 6 heteroatoms. The molecule has 1 amide bonds. The van der Waals surface area contributed by atoms with Gasteiger partial charge in [-0.25, -0.2) is 0 Å². The zero-order valence-corrected chi connectivity index (χ0v) is 10.0. The van der Waals surface area contributed by atoms with Gasteiger partial charge in [-0.1, -0.05) is 0 Å². The van der Waals surface area contributed by atoms with Crippen molar-refractivity contribution in [1.29, 1.82) is 0 Å². The fourth-order valence-corrected chi connectivity index (χ4v) is 1.54. The molecule has 18 heavy (non-hydrogen) atoms. The van der Waals surface area contributed by atoms with Crippen molar-refractivity contribution < 1.29 is 24.6 Å². The number of anilines is 1. The molecule has 0 radical (unpaired) electrons. The molecule has 0 bridgehead atoms. The van der Waals surface area contributed by atoms with Gasteiger partial charge in [0.05, 0.1) is 5.69 Å². The van der Waals surface area contributed by atoms with Gasteiger partial charge in [-0.05, 0) is 25.1 Å². The van der Waals surface area contributed by atoms with Crippen molar-refractivity contribution in [2.75, 3.05) is 11.4 Å². The third-order valence-electron chi connectivity index (χ3n) is 2.32. The lowest BCUT2D eigenvalue weighted by atomic mass is 10.1. The SMILES string of the molecule is CC(=O)c1cc(O)ccc1N(CC(=O)O)C(C)=O. The molecule has 1 rings (SSSR count). The van der Waals surface area contributed by atoms with Crippen LogP contribution in [0.15, 0.2) is 18.2 Å². The average Bonchev–Trinajstić information content (AvgIpc) is 2.25. The minimum atomic E-state index is -1.19. The van der Waals surface area contributed by atoms with E-state index in [4.69, 9.17) is 5.11 Å². The van der Waals surface area contributed by atoms with Crippen molar-refractivity contribution in [3.63, 3.8) is 0 Å². The molecule has 0 fully saturated rings. The van der Waals surface area contributed by atoms with Crippen LogP contribution in [0.25, 0.3) is 0 Å². The standard InChI is InChI=1S/C12H13NO5/c1-7(14)10-5-9(16)3-4-11(10)13(8(2)15)6-12(17)18/h3-5,16H,6H2,1-2H3,(H,17,18). The van der Waals surface area contributed by atoms with E-state index < -0.39 is 18.4 Å². The van der Waals surface area contributed by atoms with E-state index in [0.29, 0.717) is 0 Å². The Morgan fingerprint density at radius 3 is 2.28 bits per heavy atom. The van der Waals surface area contributed by atoms with Crippen LogP contribution < -0.4 is 4.90 Å². The Hall–Kier alpha value is -2.37. The number of benzene rings is 1. The van der Waals surface area contributed by atoms with Gasteiger partial charge in [0.15, 0.2) is 5.78 Å². The van der Waals surface area contributed by atoms with E-state index in [0.717, 1.165) is 4.90 Å². The normalized spacial score (nSPS) is 9.89. The first-order valence-corrected chi connectivity index (χ1v) is 5.16.